The normalized spacial score (nSPS) is 22.8. The van der Waals surface area contributed by atoms with Gasteiger partial charge in [-0.2, -0.15) is 0 Å². The van der Waals surface area contributed by atoms with E-state index in [2.05, 4.69) is 0 Å². The zero-order valence-corrected chi connectivity index (χ0v) is 20.5. The van der Waals surface area contributed by atoms with Gasteiger partial charge in [0.25, 0.3) is 0 Å². The Kier molecular flexibility index (Phi) is 4.62. The Morgan fingerprint density at radius 3 is 2.33 bits per heavy atom. The van der Waals surface area contributed by atoms with Gasteiger partial charge in [0, 0.05) is 28.8 Å². The maximum Gasteiger partial charge on any atom is 0.340 e. The second-order valence-electron chi connectivity index (χ2n) is 10.5. The van der Waals surface area contributed by atoms with Crippen molar-refractivity contribution in [2.24, 2.45) is 0 Å². The van der Waals surface area contributed by atoms with Crippen LogP contribution in [0.15, 0.2) is 72.3 Å². The van der Waals surface area contributed by atoms with Crippen LogP contribution in [0.25, 0.3) is 0 Å². The highest BCUT2D eigenvalue weighted by atomic mass is 16.6. The Morgan fingerprint density at radius 2 is 1.61 bits per heavy atom. The summed E-state index contributed by atoms with van der Waals surface area (Å²) in [6.45, 7) is 7.79. The van der Waals surface area contributed by atoms with Crippen LogP contribution < -0.4 is 9.47 Å². The summed E-state index contributed by atoms with van der Waals surface area (Å²) in [5.41, 5.74) is 0.905. The Labute approximate surface area is 209 Å². The molecule has 3 heterocycles. The van der Waals surface area contributed by atoms with Gasteiger partial charge in [0.05, 0.1) is 16.6 Å². The molecule has 0 amide bonds. The van der Waals surface area contributed by atoms with Gasteiger partial charge in [-0.05, 0) is 63.6 Å². The molecule has 1 radical (unpaired) electrons. The van der Waals surface area contributed by atoms with E-state index in [-0.39, 0.29) is 12.4 Å². The van der Waals surface area contributed by atoms with Crippen LogP contribution in [0.2, 0.25) is 0 Å². The van der Waals surface area contributed by atoms with E-state index in [0.717, 1.165) is 16.2 Å². The highest BCUT2D eigenvalue weighted by Crippen LogP contribution is 2.57. The molecule has 6 rings (SSSR count). The molecule has 1 N–H and O–H groups in total. The number of carbonyl (C=O) groups excluding carboxylic acids is 1. The van der Waals surface area contributed by atoms with E-state index in [4.69, 9.17) is 14.2 Å². The second kappa shape index (κ2) is 7.35. The first-order valence-corrected chi connectivity index (χ1v) is 11.9. The summed E-state index contributed by atoms with van der Waals surface area (Å²) in [6.07, 6.45) is 1.96. The molecule has 0 fully saturated rings. The lowest BCUT2D eigenvalue weighted by atomic mass is 9.77. The number of nitrogens with zero attached hydrogens (tertiary/aromatic N) is 1. The summed E-state index contributed by atoms with van der Waals surface area (Å²) in [4.78, 5) is 12.9. The number of rotatable bonds is 3. The van der Waals surface area contributed by atoms with Crippen LogP contribution in [0, 0.1) is 0 Å². The number of phenolic OH excluding ortho intramolecular Hbond substituents is 1. The molecule has 7 heteroatoms. The molecule has 3 aromatic carbocycles. The molecule has 1 unspecified atom stereocenters. The lowest BCUT2D eigenvalue weighted by Gasteiger charge is -2.36. The molecule has 36 heavy (non-hydrogen) atoms. The lowest BCUT2D eigenvalue weighted by Crippen LogP contribution is -2.47. The quantitative estimate of drug-likeness (QED) is 0.391. The minimum absolute atomic E-state index is 0.0394. The van der Waals surface area contributed by atoms with Gasteiger partial charge in [0.15, 0.2) is 5.60 Å². The highest BCUT2D eigenvalue weighted by molar-refractivity contribution is 5.97. The van der Waals surface area contributed by atoms with E-state index in [9.17, 15) is 15.1 Å². The summed E-state index contributed by atoms with van der Waals surface area (Å²) >= 11 is 0. The van der Waals surface area contributed by atoms with Crippen LogP contribution in [-0.4, -0.2) is 33.8 Å². The zero-order chi connectivity index (χ0) is 25.5. The van der Waals surface area contributed by atoms with Crippen molar-refractivity contribution in [3.05, 3.63) is 94.6 Å². The summed E-state index contributed by atoms with van der Waals surface area (Å²) in [7, 11) is 0. The molecule has 0 aliphatic carbocycles. The number of aromatic hydroxyl groups is 1. The van der Waals surface area contributed by atoms with Gasteiger partial charge in [-0.15, -0.1) is 10.3 Å². The Balaban J connectivity index is 1.42. The Morgan fingerprint density at radius 1 is 0.917 bits per heavy atom. The van der Waals surface area contributed by atoms with Crippen molar-refractivity contribution in [1.29, 1.82) is 0 Å². The topological polar surface area (TPSA) is 88.1 Å². The third-order valence-corrected chi connectivity index (χ3v) is 7.41. The van der Waals surface area contributed by atoms with Gasteiger partial charge in [0.1, 0.15) is 29.6 Å². The van der Waals surface area contributed by atoms with Crippen LogP contribution in [0.3, 0.4) is 0 Å². The van der Waals surface area contributed by atoms with Gasteiger partial charge >= 0.3 is 5.97 Å². The Hall–Kier alpha value is -3.81. The summed E-state index contributed by atoms with van der Waals surface area (Å²) in [6, 6.07) is 17.5. The van der Waals surface area contributed by atoms with Crippen LogP contribution in [-0.2, 0) is 15.5 Å². The molecule has 1 atom stereocenters. The smallest absolute Gasteiger partial charge is 0.340 e. The fourth-order valence-corrected chi connectivity index (χ4v) is 5.63. The monoisotopic (exact) mass is 484 g/mol. The minimum atomic E-state index is -1.20. The molecule has 183 valence electrons. The fraction of sp³-hybridized carbons (Fsp3) is 0.276. The van der Waals surface area contributed by atoms with Crippen LogP contribution >= 0.6 is 0 Å². The first-order chi connectivity index (χ1) is 17.0. The van der Waals surface area contributed by atoms with Gasteiger partial charge in [-0.1, -0.05) is 24.3 Å². The Bertz CT molecular complexity index is 1460. The number of carbonyl (C=O) groups is 1. The number of hydrogen-bond acceptors (Lipinski definition) is 6. The number of benzene rings is 3. The van der Waals surface area contributed by atoms with Gasteiger partial charge in [-0.3, -0.25) is 0 Å². The van der Waals surface area contributed by atoms with E-state index >= 15 is 0 Å². The summed E-state index contributed by atoms with van der Waals surface area (Å²) in [5, 5.41) is 23.9. The van der Waals surface area contributed by atoms with E-state index < -0.39 is 22.6 Å². The lowest BCUT2D eigenvalue weighted by molar-refractivity contribution is -0.239. The average molecular weight is 485 g/mol. The molecular formula is C29H26NO6. The molecule has 0 aromatic heterocycles. The summed E-state index contributed by atoms with van der Waals surface area (Å²) < 4.78 is 18.4. The van der Waals surface area contributed by atoms with E-state index in [1.165, 1.54) is 6.07 Å². The van der Waals surface area contributed by atoms with Gasteiger partial charge in [0.2, 0.25) is 0 Å². The minimum Gasteiger partial charge on any atom is -0.508 e. The van der Waals surface area contributed by atoms with Crippen molar-refractivity contribution in [3.63, 3.8) is 0 Å². The standard InChI is InChI=1S/C29H26NO6/c1-27(2)15-17(28(3,4)30(27)33)16-34-19-10-12-23-25(14-19)35-24-13-18(31)9-11-22(24)29(23)21-8-6-5-7-20(21)26(32)36-29/h5-15,31H,16H2,1-4H3. The van der Waals surface area contributed by atoms with Crippen molar-refractivity contribution in [2.45, 2.75) is 44.4 Å². The number of hydrogen-bond donors (Lipinski definition) is 1. The van der Waals surface area contributed by atoms with Crippen molar-refractivity contribution < 1.29 is 29.3 Å². The summed E-state index contributed by atoms with van der Waals surface area (Å²) in [5.74, 6) is 1.02. The fourth-order valence-electron chi connectivity index (χ4n) is 5.63. The van der Waals surface area contributed by atoms with Crippen molar-refractivity contribution in [3.8, 4) is 23.0 Å². The molecule has 3 aliphatic rings. The number of phenols is 1. The predicted molar refractivity (Wildman–Crippen MR) is 131 cm³/mol. The van der Waals surface area contributed by atoms with Gasteiger partial charge in [-0.25, -0.2) is 4.79 Å². The molecule has 7 nitrogen and oxygen atoms in total. The second-order valence-corrected chi connectivity index (χ2v) is 10.5. The van der Waals surface area contributed by atoms with Crippen molar-refractivity contribution >= 4 is 5.97 Å². The maximum atomic E-state index is 12.9. The number of fused-ring (bicyclic) bond motifs is 6. The molecule has 3 aromatic rings. The molecule has 0 bridgehead atoms. The number of ether oxygens (including phenoxy) is 3. The molecular weight excluding hydrogens is 458 g/mol. The first-order valence-electron chi connectivity index (χ1n) is 11.9. The SMILES string of the molecule is CC1(C)C=C(COc2ccc3c(c2)Oc2cc(O)ccc2C32OC(=O)c3ccccc32)C(C)(C)N1[O]. The van der Waals surface area contributed by atoms with E-state index in [1.54, 1.807) is 30.3 Å². The van der Waals surface area contributed by atoms with Crippen LogP contribution in [0.4, 0.5) is 0 Å². The largest absolute Gasteiger partial charge is 0.508 e. The molecule has 1 spiro atoms. The third-order valence-electron chi connectivity index (χ3n) is 7.41. The number of esters is 1. The van der Waals surface area contributed by atoms with Gasteiger partial charge < -0.3 is 19.3 Å². The average Bonchev–Trinajstić information content (AvgIpc) is 3.21. The third kappa shape index (κ3) is 3.03. The molecule has 3 aliphatic heterocycles. The zero-order valence-electron chi connectivity index (χ0n) is 20.5. The highest BCUT2D eigenvalue weighted by Gasteiger charge is 2.53. The van der Waals surface area contributed by atoms with Crippen molar-refractivity contribution in [1.82, 2.24) is 5.06 Å². The molecule has 0 saturated carbocycles. The number of hydroxylamine groups is 2. The van der Waals surface area contributed by atoms with Crippen LogP contribution in [0.5, 0.6) is 23.0 Å². The maximum absolute atomic E-state index is 12.9. The first kappa shape index (κ1) is 22.6. The van der Waals surface area contributed by atoms with E-state index in [0.29, 0.717) is 33.9 Å². The van der Waals surface area contributed by atoms with E-state index in [1.807, 2.05) is 58.0 Å². The predicted octanol–water partition coefficient (Wildman–Crippen LogP) is 5.48. The van der Waals surface area contributed by atoms with Crippen LogP contribution in [0.1, 0.15) is 54.7 Å². The molecule has 0 saturated heterocycles. The van der Waals surface area contributed by atoms with Crippen molar-refractivity contribution in [2.75, 3.05) is 6.61 Å².